The van der Waals surface area contributed by atoms with Crippen molar-refractivity contribution in [2.45, 2.75) is 26.2 Å². The molecule has 0 spiro atoms. The molecule has 0 aliphatic heterocycles. The summed E-state index contributed by atoms with van der Waals surface area (Å²) in [6.07, 6.45) is 2.74. The zero-order valence-electron chi connectivity index (χ0n) is 10.5. The molecule has 1 unspecified atom stereocenters. The SMILES string of the molecule is CC(CCN)C(=O)NCCCc1ccccc1. The Hall–Kier alpha value is -1.35. The lowest BCUT2D eigenvalue weighted by molar-refractivity contribution is -0.124. The molecule has 0 radical (unpaired) electrons. The first-order valence-electron chi connectivity index (χ1n) is 6.25. The van der Waals surface area contributed by atoms with Gasteiger partial charge < -0.3 is 11.1 Å². The average Bonchev–Trinajstić information content (AvgIpc) is 2.36. The third-order valence-corrected chi connectivity index (χ3v) is 2.83. The fourth-order valence-electron chi connectivity index (χ4n) is 1.70. The molecule has 1 rings (SSSR count). The van der Waals surface area contributed by atoms with Crippen molar-refractivity contribution in [3.05, 3.63) is 35.9 Å². The van der Waals surface area contributed by atoms with Gasteiger partial charge in [-0.3, -0.25) is 4.79 Å². The maximum Gasteiger partial charge on any atom is 0.222 e. The number of carbonyl (C=O) groups is 1. The third kappa shape index (κ3) is 5.50. The Morgan fingerprint density at radius 2 is 2.06 bits per heavy atom. The van der Waals surface area contributed by atoms with E-state index in [2.05, 4.69) is 17.4 Å². The van der Waals surface area contributed by atoms with E-state index >= 15 is 0 Å². The minimum absolute atomic E-state index is 0.0247. The summed E-state index contributed by atoms with van der Waals surface area (Å²) >= 11 is 0. The molecule has 0 aromatic heterocycles. The van der Waals surface area contributed by atoms with E-state index in [-0.39, 0.29) is 11.8 Å². The molecule has 0 bridgehead atoms. The van der Waals surface area contributed by atoms with Gasteiger partial charge in [-0.05, 0) is 31.4 Å². The molecule has 3 N–H and O–H groups in total. The van der Waals surface area contributed by atoms with Crippen molar-refractivity contribution in [1.82, 2.24) is 5.32 Å². The maximum absolute atomic E-state index is 11.6. The van der Waals surface area contributed by atoms with Gasteiger partial charge in [0.2, 0.25) is 5.91 Å². The van der Waals surface area contributed by atoms with Gasteiger partial charge in [-0.25, -0.2) is 0 Å². The summed E-state index contributed by atoms with van der Waals surface area (Å²) in [6, 6.07) is 10.3. The lowest BCUT2D eigenvalue weighted by atomic mass is 10.1. The molecule has 3 heteroatoms. The van der Waals surface area contributed by atoms with Crippen molar-refractivity contribution in [1.29, 1.82) is 0 Å². The number of benzene rings is 1. The highest BCUT2D eigenvalue weighted by molar-refractivity contribution is 5.78. The lowest BCUT2D eigenvalue weighted by Crippen LogP contribution is -2.31. The molecule has 0 aliphatic rings. The van der Waals surface area contributed by atoms with E-state index < -0.39 is 0 Å². The quantitative estimate of drug-likeness (QED) is 0.706. The van der Waals surface area contributed by atoms with E-state index in [0.717, 1.165) is 25.8 Å². The number of carbonyl (C=O) groups excluding carboxylic acids is 1. The summed E-state index contributed by atoms with van der Waals surface area (Å²) in [4.78, 5) is 11.6. The summed E-state index contributed by atoms with van der Waals surface area (Å²) in [6.45, 7) is 3.22. The van der Waals surface area contributed by atoms with Crippen LogP contribution < -0.4 is 11.1 Å². The van der Waals surface area contributed by atoms with Crippen molar-refractivity contribution in [2.24, 2.45) is 11.7 Å². The summed E-state index contributed by atoms with van der Waals surface area (Å²) in [5.41, 5.74) is 6.73. The molecule has 1 atom stereocenters. The van der Waals surface area contributed by atoms with Crippen LogP contribution in [0.15, 0.2) is 30.3 Å². The summed E-state index contributed by atoms with van der Waals surface area (Å²) in [5, 5.41) is 2.94. The van der Waals surface area contributed by atoms with Crippen molar-refractivity contribution in [3.63, 3.8) is 0 Å². The van der Waals surface area contributed by atoms with Crippen LogP contribution in [0.4, 0.5) is 0 Å². The number of amides is 1. The number of nitrogens with two attached hydrogens (primary N) is 1. The van der Waals surface area contributed by atoms with Crippen LogP contribution in [0, 0.1) is 5.92 Å². The van der Waals surface area contributed by atoms with E-state index in [1.54, 1.807) is 0 Å². The van der Waals surface area contributed by atoms with Gasteiger partial charge in [0.25, 0.3) is 0 Å². The minimum atomic E-state index is 0.0247. The first-order chi connectivity index (χ1) is 8.24. The molecule has 1 aromatic rings. The molecule has 3 nitrogen and oxygen atoms in total. The van der Waals surface area contributed by atoms with Gasteiger partial charge in [-0.2, -0.15) is 0 Å². The predicted molar refractivity (Wildman–Crippen MR) is 70.6 cm³/mol. The summed E-state index contributed by atoms with van der Waals surface area (Å²) in [5.74, 6) is 0.139. The van der Waals surface area contributed by atoms with Crippen LogP contribution in [-0.4, -0.2) is 19.0 Å². The van der Waals surface area contributed by atoms with Crippen LogP contribution in [-0.2, 0) is 11.2 Å². The summed E-state index contributed by atoms with van der Waals surface area (Å²) in [7, 11) is 0. The van der Waals surface area contributed by atoms with Gasteiger partial charge in [-0.15, -0.1) is 0 Å². The van der Waals surface area contributed by atoms with Crippen LogP contribution in [0.3, 0.4) is 0 Å². The van der Waals surface area contributed by atoms with Crippen LogP contribution >= 0.6 is 0 Å². The standard InChI is InChI=1S/C14H22N2O/c1-12(9-10-15)14(17)16-11-5-8-13-6-3-2-4-7-13/h2-4,6-7,12H,5,8-11,15H2,1H3,(H,16,17). The van der Waals surface area contributed by atoms with Gasteiger partial charge >= 0.3 is 0 Å². The van der Waals surface area contributed by atoms with Crippen molar-refractivity contribution < 1.29 is 4.79 Å². The topological polar surface area (TPSA) is 55.1 Å². The van der Waals surface area contributed by atoms with E-state index in [4.69, 9.17) is 5.73 Å². The fraction of sp³-hybridized carbons (Fsp3) is 0.500. The summed E-state index contributed by atoms with van der Waals surface area (Å²) < 4.78 is 0. The Morgan fingerprint density at radius 1 is 1.35 bits per heavy atom. The number of nitrogens with one attached hydrogen (secondary N) is 1. The Kier molecular flexibility index (Phi) is 6.33. The number of hydrogen-bond acceptors (Lipinski definition) is 2. The second-order valence-corrected chi connectivity index (χ2v) is 4.36. The fourth-order valence-corrected chi connectivity index (χ4v) is 1.70. The monoisotopic (exact) mass is 234 g/mol. The van der Waals surface area contributed by atoms with Crippen molar-refractivity contribution in [2.75, 3.05) is 13.1 Å². The van der Waals surface area contributed by atoms with Crippen LogP contribution in [0.1, 0.15) is 25.3 Å². The first kappa shape index (κ1) is 13.7. The molecule has 17 heavy (non-hydrogen) atoms. The van der Waals surface area contributed by atoms with Gasteiger partial charge in [0.15, 0.2) is 0 Å². The predicted octanol–water partition coefficient (Wildman–Crippen LogP) is 1.72. The molecule has 0 saturated heterocycles. The molecule has 0 aliphatic carbocycles. The highest BCUT2D eigenvalue weighted by Crippen LogP contribution is 2.02. The molecule has 0 saturated carbocycles. The molecule has 1 aromatic carbocycles. The molecular formula is C14H22N2O. The van der Waals surface area contributed by atoms with Gasteiger partial charge in [0, 0.05) is 12.5 Å². The smallest absolute Gasteiger partial charge is 0.222 e. The zero-order valence-corrected chi connectivity index (χ0v) is 10.5. The van der Waals surface area contributed by atoms with Crippen molar-refractivity contribution >= 4 is 5.91 Å². The molecule has 1 amide bonds. The highest BCUT2D eigenvalue weighted by atomic mass is 16.1. The van der Waals surface area contributed by atoms with Crippen LogP contribution in [0.5, 0.6) is 0 Å². The van der Waals surface area contributed by atoms with E-state index in [1.165, 1.54) is 5.56 Å². The van der Waals surface area contributed by atoms with Crippen LogP contribution in [0.2, 0.25) is 0 Å². The molecular weight excluding hydrogens is 212 g/mol. The Balaban J connectivity index is 2.14. The first-order valence-corrected chi connectivity index (χ1v) is 6.25. The third-order valence-electron chi connectivity index (χ3n) is 2.83. The van der Waals surface area contributed by atoms with Crippen molar-refractivity contribution in [3.8, 4) is 0 Å². The lowest BCUT2D eigenvalue weighted by Gasteiger charge is -2.10. The normalized spacial score (nSPS) is 12.1. The number of aryl methyl sites for hydroxylation is 1. The maximum atomic E-state index is 11.6. The minimum Gasteiger partial charge on any atom is -0.356 e. The van der Waals surface area contributed by atoms with Gasteiger partial charge in [0.05, 0.1) is 0 Å². The Bertz CT molecular complexity index is 324. The van der Waals surface area contributed by atoms with Gasteiger partial charge in [-0.1, -0.05) is 37.3 Å². The largest absolute Gasteiger partial charge is 0.356 e. The van der Waals surface area contributed by atoms with Gasteiger partial charge in [0.1, 0.15) is 0 Å². The average molecular weight is 234 g/mol. The molecule has 0 heterocycles. The van der Waals surface area contributed by atoms with E-state index in [0.29, 0.717) is 6.54 Å². The number of hydrogen-bond donors (Lipinski definition) is 2. The second kappa shape index (κ2) is 7.85. The Morgan fingerprint density at radius 3 is 2.71 bits per heavy atom. The van der Waals surface area contributed by atoms with E-state index in [1.807, 2.05) is 25.1 Å². The zero-order chi connectivity index (χ0) is 12.5. The second-order valence-electron chi connectivity index (χ2n) is 4.36. The molecule has 0 fully saturated rings. The molecule has 94 valence electrons. The number of rotatable bonds is 7. The van der Waals surface area contributed by atoms with E-state index in [9.17, 15) is 4.79 Å². The van der Waals surface area contributed by atoms with Crippen LogP contribution in [0.25, 0.3) is 0 Å². The Labute approximate surface area is 103 Å². The highest BCUT2D eigenvalue weighted by Gasteiger charge is 2.10.